The SMILES string of the molecule is CC1CCC(N)CC1c1cccs1. The van der Waals surface area contributed by atoms with Gasteiger partial charge in [-0.05, 0) is 42.5 Å². The third-order valence-electron chi connectivity index (χ3n) is 3.15. The van der Waals surface area contributed by atoms with E-state index in [2.05, 4.69) is 24.4 Å². The van der Waals surface area contributed by atoms with Gasteiger partial charge in [-0.25, -0.2) is 0 Å². The molecule has 0 spiro atoms. The lowest BCUT2D eigenvalue weighted by atomic mass is 9.77. The number of hydrogen-bond donors (Lipinski definition) is 1. The monoisotopic (exact) mass is 195 g/mol. The van der Waals surface area contributed by atoms with E-state index in [1.54, 1.807) is 0 Å². The molecule has 0 aliphatic heterocycles. The number of thiophene rings is 1. The van der Waals surface area contributed by atoms with Crippen molar-refractivity contribution >= 4 is 11.3 Å². The molecule has 13 heavy (non-hydrogen) atoms. The minimum Gasteiger partial charge on any atom is -0.328 e. The van der Waals surface area contributed by atoms with Gasteiger partial charge in [0.2, 0.25) is 0 Å². The van der Waals surface area contributed by atoms with Crippen LogP contribution in [0, 0.1) is 5.92 Å². The lowest BCUT2D eigenvalue weighted by Crippen LogP contribution is -2.30. The highest BCUT2D eigenvalue weighted by atomic mass is 32.1. The zero-order valence-corrected chi connectivity index (χ0v) is 8.89. The largest absolute Gasteiger partial charge is 0.328 e. The summed E-state index contributed by atoms with van der Waals surface area (Å²) in [6.07, 6.45) is 3.69. The van der Waals surface area contributed by atoms with Crippen LogP contribution < -0.4 is 5.73 Å². The van der Waals surface area contributed by atoms with Crippen LogP contribution in [0.25, 0.3) is 0 Å². The molecule has 0 bridgehead atoms. The van der Waals surface area contributed by atoms with Crippen LogP contribution in [0.4, 0.5) is 0 Å². The maximum atomic E-state index is 6.00. The fourth-order valence-electron chi connectivity index (χ4n) is 2.25. The van der Waals surface area contributed by atoms with E-state index in [0.29, 0.717) is 6.04 Å². The molecule has 0 radical (unpaired) electrons. The molecule has 0 amide bonds. The van der Waals surface area contributed by atoms with Crippen LogP contribution >= 0.6 is 11.3 Å². The average Bonchev–Trinajstić information content (AvgIpc) is 2.61. The molecule has 2 N–H and O–H groups in total. The summed E-state index contributed by atoms with van der Waals surface area (Å²) >= 11 is 1.88. The normalized spacial score (nSPS) is 34.8. The van der Waals surface area contributed by atoms with E-state index in [0.717, 1.165) is 11.8 Å². The molecule has 1 saturated carbocycles. The molecule has 0 aromatic carbocycles. The van der Waals surface area contributed by atoms with Crippen molar-refractivity contribution in [3.05, 3.63) is 22.4 Å². The maximum Gasteiger partial charge on any atom is 0.00794 e. The van der Waals surface area contributed by atoms with Gasteiger partial charge in [0.25, 0.3) is 0 Å². The van der Waals surface area contributed by atoms with Crippen molar-refractivity contribution in [3.8, 4) is 0 Å². The molecule has 1 heterocycles. The quantitative estimate of drug-likeness (QED) is 0.732. The number of nitrogens with two attached hydrogens (primary N) is 1. The van der Waals surface area contributed by atoms with Crippen molar-refractivity contribution in [1.82, 2.24) is 0 Å². The van der Waals surface area contributed by atoms with Crippen LogP contribution in [0.15, 0.2) is 17.5 Å². The minimum absolute atomic E-state index is 0.434. The van der Waals surface area contributed by atoms with Crippen LogP contribution in [-0.4, -0.2) is 6.04 Å². The third kappa shape index (κ3) is 1.94. The van der Waals surface area contributed by atoms with E-state index in [9.17, 15) is 0 Å². The van der Waals surface area contributed by atoms with Gasteiger partial charge >= 0.3 is 0 Å². The fourth-order valence-corrected chi connectivity index (χ4v) is 3.23. The van der Waals surface area contributed by atoms with Gasteiger partial charge in [-0.2, -0.15) is 0 Å². The summed E-state index contributed by atoms with van der Waals surface area (Å²) in [6, 6.07) is 4.83. The summed E-state index contributed by atoms with van der Waals surface area (Å²) in [5.74, 6) is 1.54. The van der Waals surface area contributed by atoms with Gasteiger partial charge in [0, 0.05) is 10.9 Å². The molecule has 3 unspecified atom stereocenters. The van der Waals surface area contributed by atoms with Gasteiger partial charge in [0.1, 0.15) is 0 Å². The topological polar surface area (TPSA) is 26.0 Å². The Morgan fingerprint density at radius 1 is 1.46 bits per heavy atom. The van der Waals surface area contributed by atoms with E-state index >= 15 is 0 Å². The molecule has 3 atom stereocenters. The molecule has 0 saturated heterocycles. The highest BCUT2D eigenvalue weighted by molar-refractivity contribution is 7.10. The van der Waals surface area contributed by atoms with Crippen molar-refractivity contribution in [2.24, 2.45) is 11.7 Å². The highest BCUT2D eigenvalue weighted by Gasteiger charge is 2.27. The second-order valence-corrected chi connectivity index (χ2v) is 5.15. The second kappa shape index (κ2) is 3.81. The molecule has 2 rings (SSSR count). The highest BCUT2D eigenvalue weighted by Crippen LogP contribution is 2.38. The van der Waals surface area contributed by atoms with Gasteiger partial charge in [-0.1, -0.05) is 13.0 Å². The summed E-state index contributed by atoms with van der Waals surface area (Å²) in [5, 5.41) is 2.17. The molecule has 1 nitrogen and oxygen atoms in total. The van der Waals surface area contributed by atoms with Gasteiger partial charge < -0.3 is 5.73 Å². The van der Waals surface area contributed by atoms with Gasteiger partial charge in [-0.3, -0.25) is 0 Å². The summed E-state index contributed by atoms with van der Waals surface area (Å²) in [7, 11) is 0. The molecule has 1 aromatic heterocycles. The van der Waals surface area contributed by atoms with Crippen LogP contribution in [0.5, 0.6) is 0 Å². The van der Waals surface area contributed by atoms with Crippen LogP contribution in [0.2, 0.25) is 0 Å². The predicted octanol–water partition coefficient (Wildman–Crippen LogP) is 2.98. The molecule has 1 aliphatic rings. The minimum atomic E-state index is 0.434. The zero-order valence-electron chi connectivity index (χ0n) is 8.07. The number of rotatable bonds is 1. The summed E-state index contributed by atoms with van der Waals surface area (Å²) in [4.78, 5) is 1.53. The summed E-state index contributed by atoms with van der Waals surface area (Å²) in [5.41, 5.74) is 6.00. The van der Waals surface area contributed by atoms with E-state index in [1.165, 1.54) is 24.1 Å². The Morgan fingerprint density at radius 3 is 3.00 bits per heavy atom. The van der Waals surface area contributed by atoms with Gasteiger partial charge in [0.05, 0.1) is 0 Å². The van der Waals surface area contributed by atoms with Crippen LogP contribution in [0.3, 0.4) is 0 Å². The maximum absolute atomic E-state index is 6.00. The van der Waals surface area contributed by atoms with E-state index in [1.807, 2.05) is 11.3 Å². The van der Waals surface area contributed by atoms with Crippen LogP contribution in [-0.2, 0) is 0 Å². The first-order chi connectivity index (χ1) is 6.27. The third-order valence-corrected chi connectivity index (χ3v) is 4.15. The Labute approximate surface area is 84.0 Å². The van der Waals surface area contributed by atoms with Crippen molar-refractivity contribution in [3.63, 3.8) is 0 Å². The Kier molecular flexibility index (Phi) is 2.70. The summed E-state index contributed by atoms with van der Waals surface area (Å²) < 4.78 is 0. The molecule has 72 valence electrons. The van der Waals surface area contributed by atoms with E-state index in [4.69, 9.17) is 5.73 Å². The van der Waals surface area contributed by atoms with E-state index in [-0.39, 0.29) is 0 Å². The Balaban J connectivity index is 2.12. The fraction of sp³-hybridized carbons (Fsp3) is 0.636. The summed E-state index contributed by atoms with van der Waals surface area (Å²) in [6.45, 7) is 2.36. The molecular weight excluding hydrogens is 178 g/mol. The van der Waals surface area contributed by atoms with Crippen molar-refractivity contribution in [2.75, 3.05) is 0 Å². The lowest BCUT2D eigenvalue weighted by Gasteiger charge is -2.31. The Hall–Kier alpha value is -0.340. The predicted molar refractivity (Wildman–Crippen MR) is 58.1 cm³/mol. The second-order valence-electron chi connectivity index (χ2n) is 4.17. The van der Waals surface area contributed by atoms with Gasteiger partial charge in [-0.15, -0.1) is 11.3 Å². The molecule has 2 heteroatoms. The lowest BCUT2D eigenvalue weighted by molar-refractivity contribution is 0.303. The zero-order chi connectivity index (χ0) is 9.26. The first-order valence-corrected chi connectivity index (χ1v) is 5.94. The molecule has 1 aromatic rings. The van der Waals surface area contributed by atoms with Gasteiger partial charge in [0.15, 0.2) is 0 Å². The standard InChI is InChI=1S/C11H17NS/c1-8-4-5-9(12)7-10(8)11-3-2-6-13-11/h2-3,6,8-10H,4-5,7,12H2,1H3. The van der Waals surface area contributed by atoms with Crippen LogP contribution in [0.1, 0.15) is 37.0 Å². The number of hydrogen-bond acceptors (Lipinski definition) is 2. The smallest absolute Gasteiger partial charge is 0.00794 e. The Bertz CT molecular complexity index is 255. The molecular formula is C11H17NS. The first-order valence-electron chi connectivity index (χ1n) is 5.06. The van der Waals surface area contributed by atoms with E-state index < -0.39 is 0 Å². The van der Waals surface area contributed by atoms with Crippen molar-refractivity contribution < 1.29 is 0 Å². The molecule has 1 fully saturated rings. The van der Waals surface area contributed by atoms with Crippen molar-refractivity contribution in [2.45, 2.75) is 38.1 Å². The Morgan fingerprint density at radius 2 is 2.31 bits per heavy atom. The first kappa shape index (κ1) is 9.22. The average molecular weight is 195 g/mol. The van der Waals surface area contributed by atoms with Crippen molar-refractivity contribution in [1.29, 1.82) is 0 Å². The molecule has 1 aliphatic carbocycles.